The van der Waals surface area contributed by atoms with E-state index in [1.165, 1.54) is 5.57 Å². The molecule has 0 amide bonds. The first-order valence-electron chi connectivity index (χ1n) is 17.7. The lowest BCUT2D eigenvalue weighted by atomic mass is 9.33. The van der Waals surface area contributed by atoms with E-state index in [1.807, 2.05) is 6.07 Å². The maximum atomic E-state index is 13.8. The Morgan fingerprint density at radius 3 is 2.43 bits per heavy atom. The summed E-state index contributed by atoms with van der Waals surface area (Å²) in [5, 5.41) is 22.0. The number of esters is 1. The third-order valence-corrected chi connectivity index (χ3v) is 14.8. The van der Waals surface area contributed by atoms with Crippen LogP contribution in [0.25, 0.3) is 10.9 Å². The maximum absolute atomic E-state index is 13.8. The first kappa shape index (κ1) is 32.3. The van der Waals surface area contributed by atoms with Crippen LogP contribution in [0.2, 0.25) is 0 Å². The van der Waals surface area contributed by atoms with Crippen LogP contribution < -0.4 is 0 Å². The summed E-state index contributed by atoms with van der Waals surface area (Å²) >= 11 is 0. The molecule has 252 valence electrons. The summed E-state index contributed by atoms with van der Waals surface area (Å²) in [6.45, 7) is 13.8. The van der Waals surface area contributed by atoms with Gasteiger partial charge in [0.2, 0.25) is 0 Å². The number of Topliss-reactive ketones (excluding diaryl/α,β-unsaturated/α-hetero) is 1. The van der Waals surface area contributed by atoms with Gasteiger partial charge in [0.15, 0.2) is 0 Å². The fraction of sp³-hybridized carbons (Fsp3) is 0.650. The molecule has 0 aliphatic heterocycles. The summed E-state index contributed by atoms with van der Waals surface area (Å²) in [5.74, 6) is -0.430. The maximum Gasteiger partial charge on any atom is 0.356 e. The number of ketones is 1. The van der Waals surface area contributed by atoms with E-state index in [-0.39, 0.29) is 57.5 Å². The van der Waals surface area contributed by atoms with Crippen molar-refractivity contribution in [3.05, 3.63) is 47.7 Å². The van der Waals surface area contributed by atoms with Gasteiger partial charge in [-0.15, -0.1) is 0 Å². The number of ether oxygens (including phenoxy) is 1. The average Bonchev–Trinajstić information content (AvgIpc) is 3.01. The van der Waals surface area contributed by atoms with Crippen molar-refractivity contribution in [2.45, 2.75) is 106 Å². The van der Waals surface area contributed by atoms with Crippen LogP contribution in [0.15, 0.2) is 42.0 Å². The number of carbonyl (C=O) groups is 3. The molecule has 0 spiro atoms. The number of benzene rings is 1. The summed E-state index contributed by atoms with van der Waals surface area (Å²) in [6, 6.07) is 8.58. The fourth-order valence-corrected chi connectivity index (χ4v) is 12.0. The standard InChI is InChI=1S/C40H51NO6/c1-35(2)18-19-39(34(45)46)20-21-40(23-47-33(44)27-12-10-24-8-7-9-28(42)32(24)41-27)25(26(39)22-35)11-13-30-37(5)16-15-31(43)36(3,4)29(37)14-17-38(30,40)6/h7-12,26,29-30,42H,13-23H2,1-6H3,(H,45,46)/t26?,29?,30?,37-,38+,39-,40-/m0/s1. The lowest BCUT2D eigenvalue weighted by molar-refractivity contribution is -0.199. The highest BCUT2D eigenvalue weighted by atomic mass is 16.5. The molecule has 4 saturated carbocycles. The minimum Gasteiger partial charge on any atom is -0.506 e. The second-order valence-corrected chi connectivity index (χ2v) is 17.7. The highest BCUT2D eigenvalue weighted by molar-refractivity contribution is 5.92. The number of phenols is 1. The summed E-state index contributed by atoms with van der Waals surface area (Å²) in [7, 11) is 0. The Kier molecular flexibility index (Phi) is 7.15. The number of allylic oxidation sites excluding steroid dienone is 1. The molecule has 1 aromatic carbocycles. The van der Waals surface area contributed by atoms with Crippen LogP contribution in [-0.4, -0.2) is 39.5 Å². The van der Waals surface area contributed by atoms with Crippen molar-refractivity contribution >= 4 is 28.6 Å². The number of pyridine rings is 1. The molecular weight excluding hydrogens is 590 g/mol. The quantitative estimate of drug-likeness (QED) is 0.254. The van der Waals surface area contributed by atoms with Gasteiger partial charge in [0.25, 0.3) is 0 Å². The van der Waals surface area contributed by atoms with E-state index >= 15 is 0 Å². The van der Waals surface area contributed by atoms with Crippen LogP contribution in [0.3, 0.4) is 0 Å². The number of para-hydroxylation sites is 1. The molecule has 0 bridgehead atoms. The largest absolute Gasteiger partial charge is 0.506 e. The zero-order valence-electron chi connectivity index (χ0n) is 28.9. The Balaban J connectivity index is 1.33. The average molecular weight is 642 g/mol. The third-order valence-electron chi connectivity index (χ3n) is 14.8. The van der Waals surface area contributed by atoms with Gasteiger partial charge in [0, 0.05) is 22.6 Å². The predicted octanol–water partition coefficient (Wildman–Crippen LogP) is 8.53. The van der Waals surface area contributed by atoms with Crippen molar-refractivity contribution in [2.75, 3.05) is 6.61 Å². The zero-order chi connectivity index (χ0) is 33.8. The molecule has 47 heavy (non-hydrogen) atoms. The Hall–Kier alpha value is -3.22. The number of aromatic hydroxyl groups is 1. The number of carbonyl (C=O) groups excluding carboxylic acids is 2. The molecule has 3 unspecified atom stereocenters. The summed E-state index contributed by atoms with van der Waals surface area (Å²) in [4.78, 5) is 44.8. The molecule has 7 atom stereocenters. The van der Waals surface area contributed by atoms with Crippen LogP contribution in [0.5, 0.6) is 5.75 Å². The molecule has 5 aliphatic carbocycles. The van der Waals surface area contributed by atoms with Gasteiger partial charge in [-0.3, -0.25) is 9.59 Å². The van der Waals surface area contributed by atoms with Crippen LogP contribution >= 0.6 is 0 Å². The molecule has 2 aromatic rings. The van der Waals surface area contributed by atoms with Crippen molar-refractivity contribution < 1.29 is 29.3 Å². The number of carboxylic acids is 1. The van der Waals surface area contributed by atoms with Gasteiger partial charge in [0.05, 0.1) is 5.41 Å². The molecule has 0 saturated heterocycles. The number of aliphatic carboxylic acids is 1. The Morgan fingerprint density at radius 1 is 0.936 bits per heavy atom. The highest BCUT2D eigenvalue weighted by Gasteiger charge is 2.71. The lowest BCUT2D eigenvalue weighted by Gasteiger charge is -2.70. The number of hydrogen-bond acceptors (Lipinski definition) is 6. The van der Waals surface area contributed by atoms with Crippen molar-refractivity contribution in [1.29, 1.82) is 0 Å². The van der Waals surface area contributed by atoms with E-state index in [2.05, 4.69) is 52.6 Å². The van der Waals surface area contributed by atoms with Gasteiger partial charge in [-0.1, -0.05) is 71.4 Å². The van der Waals surface area contributed by atoms with Gasteiger partial charge in [-0.05, 0) is 104 Å². The SMILES string of the molecule is CC1(C)CC[C@]2(C(=O)O)CC[C@]3(COC(=O)c4ccc5cccc(O)c5n4)C(=CCC4[C@@]5(C)CCC(=O)C(C)(C)C5CC[C@]43C)C2C1. The van der Waals surface area contributed by atoms with E-state index in [0.717, 1.165) is 43.9 Å². The summed E-state index contributed by atoms with van der Waals surface area (Å²) < 4.78 is 6.36. The number of phenolic OH excluding ortho intramolecular Hbond substituents is 1. The van der Waals surface area contributed by atoms with Gasteiger partial charge in [-0.2, -0.15) is 0 Å². The first-order chi connectivity index (χ1) is 22.0. The van der Waals surface area contributed by atoms with E-state index in [0.29, 0.717) is 37.0 Å². The molecule has 7 nitrogen and oxygen atoms in total. The van der Waals surface area contributed by atoms with Crippen LogP contribution in [0, 0.1) is 50.2 Å². The number of rotatable bonds is 4. The van der Waals surface area contributed by atoms with Gasteiger partial charge < -0.3 is 14.9 Å². The van der Waals surface area contributed by atoms with Gasteiger partial charge >= 0.3 is 11.9 Å². The van der Waals surface area contributed by atoms with Crippen molar-refractivity contribution in [3.8, 4) is 5.75 Å². The topological polar surface area (TPSA) is 114 Å². The Bertz CT molecular complexity index is 1710. The van der Waals surface area contributed by atoms with Crippen LogP contribution in [-0.2, 0) is 14.3 Å². The third kappa shape index (κ3) is 4.43. The number of hydrogen-bond donors (Lipinski definition) is 2. The summed E-state index contributed by atoms with van der Waals surface area (Å²) in [5.41, 5.74) is -0.315. The smallest absolute Gasteiger partial charge is 0.356 e. The van der Waals surface area contributed by atoms with Crippen LogP contribution in [0.1, 0.15) is 116 Å². The Labute approximate surface area is 278 Å². The molecule has 7 rings (SSSR count). The van der Waals surface area contributed by atoms with E-state index < -0.39 is 22.8 Å². The van der Waals surface area contributed by atoms with E-state index in [9.17, 15) is 24.6 Å². The summed E-state index contributed by atoms with van der Waals surface area (Å²) in [6.07, 6.45) is 10.1. The molecule has 1 heterocycles. The molecule has 7 heteroatoms. The van der Waals surface area contributed by atoms with Crippen molar-refractivity contribution in [2.24, 2.45) is 50.2 Å². The molecule has 5 aliphatic rings. The van der Waals surface area contributed by atoms with Crippen LogP contribution in [0.4, 0.5) is 0 Å². The minimum atomic E-state index is -0.810. The Morgan fingerprint density at radius 2 is 1.68 bits per heavy atom. The number of fused-ring (bicyclic) bond motifs is 8. The highest BCUT2D eigenvalue weighted by Crippen LogP contribution is 2.75. The molecule has 2 N–H and O–H groups in total. The molecule has 4 fully saturated rings. The fourth-order valence-electron chi connectivity index (χ4n) is 12.0. The van der Waals surface area contributed by atoms with Gasteiger partial charge in [0.1, 0.15) is 29.4 Å². The molecule has 0 radical (unpaired) electrons. The number of nitrogens with zero attached hydrogens (tertiary/aromatic N) is 1. The first-order valence-corrected chi connectivity index (χ1v) is 17.7. The predicted molar refractivity (Wildman–Crippen MR) is 180 cm³/mol. The minimum absolute atomic E-state index is 0.0103. The normalized spacial score (nSPS) is 38.6. The second-order valence-electron chi connectivity index (χ2n) is 17.7. The second kappa shape index (κ2) is 10.4. The zero-order valence-corrected chi connectivity index (χ0v) is 28.9. The molecule has 1 aromatic heterocycles. The van der Waals surface area contributed by atoms with E-state index in [4.69, 9.17) is 4.74 Å². The number of aromatic nitrogens is 1. The lowest BCUT2D eigenvalue weighted by Crippen LogP contribution is -2.66. The monoisotopic (exact) mass is 641 g/mol. The number of carboxylic acid groups (broad SMARTS) is 1. The van der Waals surface area contributed by atoms with E-state index in [1.54, 1.807) is 24.3 Å². The van der Waals surface area contributed by atoms with Crippen molar-refractivity contribution in [1.82, 2.24) is 4.98 Å². The van der Waals surface area contributed by atoms with Gasteiger partial charge in [-0.25, -0.2) is 9.78 Å². The molecular formula is C40H51NO6. The van der Waals surface area contributed by atoms with Crippen molar-refractivity contribution in [3.63, 3.8) is 0 Å².